The van der Waals surface area contributed by atoms with Crippen LogP contribution in [0.2, 0.25) is 0 Å². The Labute approximate surface area is 161 Å². The molecule has 0 saturated heterocycles. The molecule has 1 aliphatic heterocycles. The third-order valence-corrected chi connectivity index (χ3v) is 5.80. The molecule has 142 valence electrons. The number of rotatable bonds is 2. The number of aromatic nitrogens is 2. The van der Waals surface area contributed by atoms with Crippen LogP contribution in [0.5, 0.6) is 0 Å². The molecule has 0 fully saturated rings. The van der Waals surface area contributed by atoms with E-state index < -0.39 is 0 Å². The van der Waals surface area contributed by atoms with Gasteiger partial charge >= 0.3 is 0 Å². The van der Waals surface area contributed by atoms with Gasteiger partial charge in [-0.05, 0) is 30.0 Å². The molecule has 0 bridgehead atoms. The molecular formula is C22H28N4O. The van der Waals surface area contributed by atoms with Crippen LogP contribution in [0, 0.1) is 18.3 Å². The van der Waals surface area contributed by atoms with Gasteiger partial charge in [-0.15, -0.1) is 0 Å². The van der Waals surface area contributed by atoms with Crippen LogP contribution in [0.25, 0.3) is 0 Å². The third kappa shape index (κ3) is 2.85. The van der Waals surface area contributed by atoms with Crippen molar-refractivity contribution >= 4 is 17.3 Å². The van der Waals surface area contributed by atoms with Gasteiger partial charge in [0.15, 0.2) is 0 Å². The molecule has 5 heteroatoms. The van der Waals surface area contributed by atoms with E-state index in [2.05, 4.69) is 59.5 Å². The summed E-state index contributed by atoms with van der Waals surface area (Å²) in [6.07, 6.45) is 2.81. The van der Waals surface area contributed by atoms with Gasteiger partial charge in [0.25, 0.3) is 0 Å². The van der Waals surface area contributed by atoms with Gasteiger partial charge in [0.2, 0.25) is 0 Å². The van der Waals surface area contributed by atoms with E-state index in [9.17, 15) is 4.79 Å². The number of Topliss-reactive ketones (excluding diaryl/α,β-unsaturated/α-hetero) is 1. The number of carbonyl (C=O) groups is 1. The lowest BCUT2D eigenvalue weighted by Gasteiger charge is -2.40. The highest BCUT2D eigenvalue weighted by Gasteiger charge is 2.45. The number of benzene rings is 1. The van der Waals surface area contributed by atoms with E-state index in [1.54, 1.807) is 0 Å². The zero-order valence-electron chi connectivity index (χ0n) is 17.0. The van der Waals surface area contributed by atoms with Gasteiger partial charge in [-0.25, -0.2) is 0 Å². The Balaban J connectivity index is 1.91. The van der Waals surface area contributed by atoms with E-state index in [1.807, 2.05) is 32.7 Å². The van der Waals surface area contributed by atoms with Crippen LogP contribution < -0.4 is 10.2 Å². The average molecular weight is 364 g/mol. The Morgan fingerprint density at radius 3 is 2.48 bits per heavy atom. The number of nitrogens with zero attached hydrogens (tertiary/aromatic N) is 3. The zero-order valence-corrected chi connectivity index (χ0v) is 17.0. The van der Waals surface area contributed by atoms with Crippen molar-refractivity contribution in [1.29, 1.82) is 0 Å². The fraction of sp³-hybridized carbons (Fsp3) is 0.455. The Hall–Kier alpha value is -2.56. The van der Waals surface area contributed by atoms with Crippen LogP contribution in [0.3, 0.4) is 0 Å². The summed E-state index contributed by atoms with van der Waals surface area (Å²) in [5, 5.41) is 8.18. The molecule has 0 amide bonds. The molecular weight excluding hydrogens is 336 g/mol. The Morgan fingerprint density at radius 2 is 1.85 bits per heavy atom. The first-order valence-electron chi connectivity index (χ1n) is 9.51. The minimum Gasteiger partial charge on any atom is -0.378 e. The highest BCUT2D eigenvalue weighted by Crippen LogP contribution is 2.50. The molecule has 2 aliphatic rings. The fourth-order valence-corrected chi connectivity index (χ4v) is 4.61. The Morgan fingerprint density at radius 1 is 1.19 bits per heavy atom. The molecule has 1 N–H and O–H groups in total. The largest absolute Gasteiger partial charge is 0.378 e. The summed E-state index contributed by atoms with van der Waals surface area (Å²) in [6.45, 7) is 6.29. The van der Waals surface area contributed by atoms with E-state index in [-0.39, 0.29) is 17.3 Å². The van der Waals surface area contributed by atoms with Crippen molar-refractivity contribution in [3.63, 3.8) is 0 Å². The first kappa shape index (κ1) is 17.8. The number of hydrogen-bond acceptors (Lipinski definition) is 4. The van der Waals surface area contributed by atoms with Crippen LogP contribution in [-0.4, -0.2) is 29.7 Å². The zero-order chi connectivity index (χ0) is 19.5. The monoisotopic (exact) mass is 364 g/mol. The average Bonchev–Trinajstić information content (AvgIpc) is 2.86. The lowest BCUT2D eigenvalue weighted by molar-refractivity contribution is -0.124. The van der Waals surface area contributed by atoms with E-state index in [0.717, 1.165) is 28.5 Å². The maximum absolute atomic E-state index is 13.2. The predicted octanol–water partition coefficient (Wildman–Crippen LogP) is 3.85. The molecule has 1 aromatic heterocycles. The fourth-order valence-electron chi connectivity index (χ4n) is 4.61. The lowest BCUT2D eigenvalue weighted by Crippen LogP contribution is -2.39. The molecule has 5 nitrogen and oxygen atoms in total. The summed E-state index contributed by atoms with van der Waals surface area (Å²) >= 11 is 0. The van der Waals surface area contributed by atoms with Gasteiger partial charge in [-0.3, -0.25) is 9.48 Å². The van der Waals surface area contributed by atoms with Crippen molar-refractivity contribution in [2.24, 2.45) is 18.4 Å². The number of aryl methyl sites for hydroxylation is 2. The van der Waals surface area contributed by atoms with Crippen molar-refractivity contribution in [2.45, 2.75) is 33.1 Å². The highest BCUT2D eigenvalue weighted by atomic mass is 16.1. The first-order chi connectivity index (χ1) is 12.7. The van der Waals surface area contributed by atoms with E-state index in [4.69, 9.17) is 0 Å². The van der Waals surface area contributed by atoms with Crippen LogP contribution in [-0.2, 0) is 11.8 Å². The second-order valence-corrected chi connectivity index (χ2v) is 8.77. The molecule has 0 saturated carbocycles. The van der Waals surface area contributed by atoms with Crippen LogP contribution >= 0.6 is 0 Å². The van der Waals surface area contributed by atoms with Crippen LogP contribution in [0.15, 0.2) is 36.0 Å². The number of carbonyl (C=O) groups excluding carboxylic acids is 1. The summed E-state index contributed by atoms with van der Waals surface area (Å²) in [5.41, 5.74) is 5.35. The predicted molar refractivity (Wildman–Crippen MR) is 109 cm³/mol. The molecule has 0 spiro atoms. The standard InChI is InChI=1S/C22H28N4O/c1-13-18-19(14-7-9-15(10-8-14)25(4)5)20-16(23-21(18)26(6)24-13)11-22(2,3)12-17(20)27/h7-11,19-20,23H,12H2,1-6H3/t19-,20+/m1/s1. The lowest BCUT2D eigenvalue weighted by atomic mass is 9.67. The Bertz CT molecular complexity index is 934. The summed E-state index contributed by atoms with van der Waals surface area (Å²) in [5.74, 6) is 1.14. The van der Waals surface area contributed by atoms with Gasteiger partial charge in [0.05, 0.1) is 11.6 Å². The summed E-state index contributed by atoms with van der Waals surface area (Å²) in [6, 6.07) is 8.57. The third-order valence-electron chi connectivity index (χ3n) is 5.80. The van der Waals surface area contributed by atoms with Crippen molar-refractivity contribution < 1.29 is 4.79 Å². The molecule has 2 atom stereocenters. The molecule has 1 aliphatic carbocycles. The number of fused-ring (bicyclic) bond motifs is 2. The molecule has 0 radical (unpaired) electrons. The number of anilines is 2. The minimum atomic E-state index is -0.168. The van der Waals surface area contributed by atoms with Gasteiger partial charge in [0.1, 0.15) is 11.6 Å². The van der Waals surface area contributed by atoms with Gasteiger partial charge in [0, 0.05) is 50.4 Å². The maximum Gasteiger partial charge on any atom is 0.143 e. The number of hydrogen-bond donors (Lipinski definition) is 1. The molecule has 2 heterocycles. The highest BCUT2D eigenvalue weighted by molar-refractivity contribution is 5.90. The summed E-state index contributed by atoms with van der Waals surface area (Å²) < 4.78 is 1.90. The van der Waals surface area contributed by atoms with E-state index in [0.29, 0.717) is 12.2 Å². The van der Waals surface area contributed by atoms with Crippen molar-refractivity contribution in [1.82, 2.24) is 9.78 Å². The quantitative estimate of drug-likeness (QED) is 0.879. The van der Waals surface area contributed by atoms with Gasteiger partial charge < -0.3 is 10.2 Å². The maximum atomic E-state index is 13.2. The summed E-state index contributed by atoms with van der Waals surface area (Å²) in [4.78, 5) is 15.3. The van der Waals surface area contributed by atoms with Crippen molar-refractivity contribution in [3.05, 3.63) is 52.9 Å². The van der Waals surface area contributed by atoms with Gasteiger partial charge in [-0.1, -0.05) is 32.1 Å². The van der Waals surface area contributed by atoms with E-state index in [1.165, 1.54) is 5.56 Å². The molecule has 2 aromatic rings. The van der Waals surface area contributed by atoms with Crippen molar-refractivity contribution in [2.75, 3.05) is 24.3 Å². The molecule has 1 aromatic carbocycles. The van der Waals surface area contributed by atoms with E-state index >= 15 is 0 Å². The van der Waals surface area contributed by atoms with Gasteiger partial charge in [-0.2, -0.15) is 5.10 Å². The second-order valence-electron chi connectivity index (χ2n) is 8.77. The molecule has 4 rings (SSSR count). The molecule has 27 heavy (non-hydrogen) atoms. The second kappa shape index (κ2) is 5.98. The summed E-state index contributed by atoms with van der Waals surface area (Å²) in [7, 11) is 6.04. The topological polar surface area (TPSA) is 50.2 Å². The normalized spacial score (nSPS) is 23.2. The minimum absolute atomic E-state index is 0.000937. The first-order valence-corrected chi connectivity index (χ1v) is 9.51. The van der Waals surface area contributed by atoms with Crippen LogP contribution in [0.1, 0.15) is 43.0 Å². The number of nitrogens with one attached hydrogen (secondary N) is 1. The Kier molecular flexibility index (Phi) is 3.95. The number of ketones is 1. The molecule has 0 unspecified atom stereocenters. The smallest absolute Gasteiger partial charge is 0.143 e. The number of allylic oxidation sites excluding steroid dienone is 2. The van der Waals surface area contributed by atoms with Crippen molar-refractivity contribution in [3.8, 4) is 0 Å². The van der Waals surface area contributed by atoms with Crippen LogP contribution in [0.4, 0.5) is 11.5 Å². The SMILES string of the molecule is Cc1nn(C)c2c1[C@@H](c1ccc(N(C)C)cc1)[C@@H]1C(=O)CC(C)(C)C=C1N2.